The molecular formula is C32H52O3. The fraction of sp³-hybridized carbons (Fsp3) is 0.812. The van der Waals surface area contributed by atoms with Crippen molar-refractivity contribution < 1.29 is 15.3 Å². The van der Waals surface area contributed by atoms with E-state index in [9.17, 15) is 15.3 Å². The number of fused-ring (bicyclic) bond motifs is 1. The predicted molar refractivity (Wildman–Crippen MR) is 145 cm³/mol. The van der Waals surface area contributed by atoms with Crippen LogP contribution in [0, 0.1) is 28.6 Å². The van der Waals surface area contributed by atoms with E-state index in [4.69, 9.17) is 0 Å². The van der Waals surface area contributed by atoms with Crippen LogP contribution in [0.3, 0.4) is 0 Å². The van der Waals surface area contributed by atoms with E-state index in [2.05, 4.69) is 32.6 Å². The highest BCUT2D eigenvalue weighted by molar-refractivity contribution is 5.41. The first-order valence-electron chi connectivity index (χ1n) is 14.7. The Hall–Kier alpha value is -0.900. The molecule has 4 fully saturated rings. The molecule has 0 bridgehead atoms. The van der Waals surface area contributed by atoms with E-state index in [-0.39, 0.29) is 5.41 Å². The molecule has 0 aromatic rings. The first-order valence-corrected chi connectivity index (χ1v) is 14.7. The Morgan fingerprint density at radius 2 is 1.77 bits per heavy atom. The van der Waals surface area contributed by atoms with Gasteiger partial charge in [0.05, 0.1) is 17.8 Å². The Bertz CT molecular complexity index is 824. The Labute approximate surface area is 214 Å². The first-order chi connectivity index (χ1) is 16.5. The maximum absolute atomic E-state index is 11.2. The van der Waals surface area contributed by atoms with Gasteiger partial charge in [-0.25, -0.2) is 0 Å². The van der Waals surface area contributed by atoms with Gasteiger partial charge in [0.2, 0.25) is 0 Å². The Kier molecular flexibility index (Phi) is 8.11. The molecule has 3 N–H and O–H groups in total. The lowest BCUT2D eigenvalue weighted by Crippen LogP contribution is -2.51. The lowest BCUT2D eigenvalue weighted by Gasteiger charge is -2.49. The quantitative estimate of drug-likeness (QED) is 0.372. The molecule has 35 heavy (non-hydrogen) atoms. The van der Waals surface area contributed by atoms with Gasteiger partial charge in [0.15, 0.2) is 0 Å². The van der Waals surface area contributed by atoms with Crippen LogP contribution in [0.5, 0.6) is 0 Å². The fourth-order valence-corrected chi connectivity index (χ4v) is 8.72. The van der Waals surface area contributed by atoms with E-state index >= 15 is 0 Å². The van der Waals surface area contributed by atoms with Crippen molar-refractivity contribution in [3.05, 3.63) is 35.5 Å². The Morgan fingerprint density at radius 3 is 2.46 bits per heavy atom. The molecule has 6 atom stereocenters. The molecule has 4 aliphatic carbocycles. The van der Waals surface area contributed by atoms with E-state index in [1.54, 1.807) is 5.57 Å². The summed E-state index contributed by atoms with van der Waals surface area (Å²) in [6.07, 6.45) is 18.9. The average Bonchev–Trinajstić information content (AvgIpc) is 3.17. The van der Waals surface area contributed by atoms with Gasteiger partial charge in [0.1, 0.15) is 0 Å². The summed E-state index contributed by atoms with van der Waals surface area (Å²) in [5.74, 6) is 2.09. The monoisotopic (exact) mass is 484 g/mol. The van der Waals surface area contributed by atoms with Crippen LogP contribution in [0.1, 0.15) is 118 Å². The van der Waals surface area contributed by atoms with Gasteiger partial charge in [-0.05, 0) is 106 Å². The highest BCUT2D eigenvalue weighted by atomic mass is 16.3. The van der Waals surface area contributed by atoms with E-state index in [0.29, 0.717) is 23.7 Å². The molecule has 3 heteroatoms. The van der Waals surface area contributed by atoms with Gasteiger partial charge in [-0.1, -0.05) is 70.3 Å². The van der Waals surface area contributed by atoms with E-state index < -0.39 is 17.8 Å². The van der Waals surface area contributed by atoms with Gasteiger partial charge in [-0.2, -0.15) is 0 Å². The second-order valence-corrected chi connectivity index (χ2v) is 13.7. The molecule has 0 aromatic heterocycles. The number of hydrogen-bond acceptors (Lipinski definition) is 3. The van der Waals surface area contributed by atoms with E-state index in [1.807, 2.05) is 13.8 Å². The largest absolute Gasteiger partial charge is 0.392 e. The third kappa shape index (κ3) is 5.39. The zero-order valence-electron chi connectivity index (χ0n) is 23.0. The summed E-state index contributed by atoms with van der Waals surface area (Å²) in [5, 5.41) is 32.4. The molecule has 0 saturated heterocycles. The molecule has 0 aromatic carbocycles. The minimum Gasteiger partial charge on any atom is -0.392 e. The lowest BCUT2D eigenvalue weighted by molar-refractivity contribution is -0.0860. The van der Waals surface area contributed by atoms with Crippen molar-refractivity contribution in [1.29, 1.82) is 0 Å². The first kappa shape index (κ1) is 27.1. The molecule has 1 spiro atoms. The van der Waals surface area contributed by atoms with Crippen molar-refractivity contribution in [3.8, 4) is 0 Å². The van der Waals surface area contributed by atoms with Crippen LogP contribution in [0.25, 0.3) is 0 Å². The van der Waals surface area contributed by atoms with Gasteiger partial charge >= 0.3 is 0 Å². The Morgan fingerprint density at radius 1 is 1.06 bits per heavy atom. The summed E-state index contributed by atoms with van der Waals surface area (Å²) in [6, 6.07) is 0. The van der Waals surface area contributed by atoms with Crippen molar-refractivity contribution in [2.24, 2.45) is 28.6 Å². The molecule has 4 aliphatic rings. The minimum absolute atomic E-state index is 0.367. The van der Waals surface area contributed by atoms with Crippen LogP contribution in [-0.4, -0.2) is 33.1 Å². The normalized spacial score (nSPS) is 38.8. The van der Waals surface area contributed by atoms with Crippen LogP contribution >= 0.6 is 0 Å². The van der Waals surface area contributed by atoms with Crippen LogP contribution in [0.15, 0.2) is 35.5 Å². The van der Waals surface area contributed by atoms with E-state index in [1.165, 1.54) is 44.9 Å². The maximum atomic E-state index is 11.2. The van der Waals surface area contributed by atoms with Crippen molar-refractivity contribution >= 4 is 0 Å². The van der Waals surface area contributed by atoms with Crippen molar-refractivity contribution in [3.63, 3.8) is 0 Å². The molecule has 0 heterocycles. The maximum Gasteiger partial charge on any atom is 0.0868 e. The topological polar surface area (TPSA) is 60.7 Å². The number of aliphatic hydroxyl groups is 3. The van der Waals surface area contributed by atoms with E-state index in [0.717, 1.165) is 55.6 Å². The zero-order valence-corrected chi connectivity index (χ0v) is 23.0. The second kappa shape index (κ2) is 10.5. The summed E-state index contributed by atoms with van der Waals surface area (Å²) in [4.78, 5) is 0. The average molecular weight is 485 g/mol. The number of hydrogen-bond donors (Lipinski definition) is 3. The van der Waals surface area contributed by atoms with Gasteiger partial charge in [-0.3, -0.25) is 0 Å². The highest BCUT2D eigenvalue weighted by Gasteiger charge is 2.51. The summed E-state index contributed by atoms with van der Waals surface area (Å²) in [7, 11) is 0. The fourth-order valence-electron chi connectivity index (χ4n) is 8.72. The van der Waals surface area contributed by atoms with Crippen LogP contribution in [-0.2, 0) is 0 Å². The molecule has 198 valence electrons. The summed E-state index contributed by atoms with van der Waals surface area (Å²) >= 11 is 0. The second-order valence-electron chi connectivity index (χ2n) is 13.7. The van der Waals surface area contributed by atoms with Gasteiger partial charge in [0.25, 0.3) is 0 Å². The number of allylic oxidation sites excluding steroid dienone is 3. The highest BCUT2D eigenvalue weighted by Crippen LogP contribution is 2.60. The van der Waals surface area contributed by atoms with Gasteiger partial charge in [-0.15, -0.1) is 0 Å². The van der Waals surface area contributed by atoms with Crippen LogP contribution in [0.4, 0.5) is 0 Å². The summed E-state index contributed by atoms with van der Waals surface area (Å²) < 4.78 is 0. The molecule has 4 saturated carbocycles. The minimum atomic E-state index is -0.617. The summed E-state index contributed by atoms with van der Waals surface area (Å²) in [5.41, 5.74) is 2.91. The number of rotatable bonds is 6. The smallest absolute Gasteiger partial charge is 0.0868 e. The predicted octanol–water partition coefficient (Wildman–Crippen LogP) is 7.27. The molecule has 0 unspecified atom stereocenters. The zero-order chi connectivity index (χ0) is 25.4. The summed E-state index contributed by atoms with van der Waals surface area (Å²) in [6.45, 7) is 13.1. The third-order valence-corrected chi connectivity index (χ3v) is 10.8. The molecule has 0 radical (unpaired) electrons. The van der Waals surface area contributed by atoms with Crippen LogP contribution in [0.2, 0.25) is 0 Å². The molecular weight excluding hydrogens is 432 g/mol. The number of aliphatic hydroxyl groups excluding tert-OH is 2. The molecule has 4 rings (SSSR count). The van der Waals surface area contributed by atoms with Gasteiger partial charge in [0, 0.05) is 5.41 Å². The van der Waals surface area contributed by atoms with Crippen molar-refractivity contribution in [2.75, 3.05) is 0 Å². The van der Waals surface area contributed by atoms with Crippen LogP contribution < -0.4 is 0 Å². The Balaban J connectivity index is 1.46. The molecule has 0 aliphatic heterocycles. The van der Waals surface area contributed by atoms with Crippen molar-refractivity contribution in [1.82, 2.24) is 0 Å². The lowest BCUT2D eigenvalue weighted by atomic mass is 9.59. The SMILES string of the molecule is C=C1/C(=C\C=C2/CCC[C@]3(C)[C@@H]([C@H](C)CCCC(C)(C)O)CC[C@@H]23)C[C@@H](O)C2(CCCCC2)[C@@H]1O. The van der Waals surface area contributed by atoms with Gasteiger partial charge < -0.3 is 15.3 Å². The molecule has 0 amide bonds. The molecule has 3 nitrogen and oxygen atoms in total. The standard InChI is InChI=1S/C32H52O3/c1-22(11-9-17-30(3,4)35)26-15-16-27-24(12-10-18-31(26,27)5)13-14-25-21-28(33)32(29(34)23(25)2)19-7-6-8-20-32/h13-14,22,26-29,33-35H,2,6-12,15-21H2,1,3-5H3/b24-13+,25-14-/t22-,26-,27+,28-,29-,31-/m1/s1. The van der Waals surface area contributed by atoms with Crippen molar-refractivity contribution in [2.45, 2.75) is 135 Å². The third-order valence-electron chi connectivity index (χ3n) is 10.8.